The molecule has 0 aliphatic heterocycles. The number of hydrogen-bond donors (Lipinski definition) is 0. The summed E-state index contributed by atoms with van der Waals surface area (Å²) in [7, 11) is 6.38. The van der Waals surface area contributed by atoms with E-state index in [2.05, 4.69) is 20.5 Å². The first kappa shape index (κ1) is 14.0. The van der Waals surface area contributed by atoms with Crippen LogP contribution in [0, 0.1) is 0 Å². The number of hydrogen-bond acceptors (Lipinski definition) is 0. The molecule has 0 aromatic carbocycles. The molecule has 0 fully saturated rings. The maximum atomic E-state index is 6.09. The van der Waals surface area contributed by atoms with Gasteiger partial charge < -0.3 is 0 Å². The minimum atomic E-state index is -1.71. The Morgan fingerprint density at radius 2 is 1.21 bits per heavy atom. The van der Waals surface area contributed by atoms with Gasteiger partial charge in [-0.1, -0.05) is 52.5 Å². The molecule has 0 amide bonds. The standard InChI is InChI=1S/C6H2Cl6Si2/c7-3(8)1-2-4(9,13)6(12,14)5(3,10)11/h1-2H. The van der Waals surface area contributed by atoms with Crippen molar-refractivity contribution >= 4 is 90.1 Å². The van der Waals surface area contributed by atoms with Crippen molar-refractivity contribution in [3.8, 4) is 0 Å². The molecule has 0 aromatic rings. The third kappa shape index (κ3) is 1.80. The van der Waals surface area contributed by atoms with E-state index < -0.39 is 17.7 Å². The zero-order valence-corrected chi connectivity index (χ0v) is 13.0. The topological polar surface area (TPSA) is 0 Å². The van der Waals surface area contributed by atoms with Crippen LogP contribution in [0.2, 0.25) is 0 Å². The molecule has 76 valence electrons. The van der Waals surface area contributed by atoms with Gasteiger partial charge in [-0.15, -0.1) is 23.2 Å². The fraction of sp³-hybridized carbons (Fsp3) is 0.667. The second kappa shape index (κ2) is 3.71. The normalized spacial score (nSPS) is 45.1. The Bertz CT molecular complexity index is 254. The lowest BCUT2D eigenvalue weighted by Crippen LogP contribution is -2.65. The van der Waals surface area contributed by atoms with E-state index in [1.54, 1.807) is 0 Å². The summed E-state index contributed by atoms with van der Waals surface area (Å²) < 4.78 is -5.90. The Labute approximate surface area is 119 Å². The molecule has 0 heterocycles. The maximum Gasteiger partial charge on any atom is 0.171 e. The van der Waals surface area contributed by atoms with Gasteiger partial charge in [-0.05, 0) is 6.08 Å². The van der Waals surface area contributed by atoms with E-state index in [0.29, 0.717) is 0 Å². The average molecular weight is 343 g/mol. The zero-order chi connectivity index (χ0) is 11.4. The first-order valence-electron chi connectivity index (χ1n) is 3.29. The molecule has 0 saturated heterocycles. The highest BCUT2D eigenvalue weighted by Crippen LogP contribution is 2.59. The van der Waals surface area contributed by atoms with Gasteiger partial charge in [-0.25, -0.2) is 0 Å². The molecule has 0 aromatic heterocycles. The van der Waals surface area contributed by atoms with Gasteiger partial charge in [0, 0.05) is 0 Å². The van der Waals surface area contributed by atoms with Crippen molar-refractivity contribution in [2.45, 2.75) is 17.7 Å². The first-order chi connectivity index (χ1) is 5.96. The van der Waals surface area contributed by atoms with Crippen molar-refractivity contribution in [1.29, 1.82) is 0 Å². The van der Waals surface area contributed by atoms with E-state index in [-0.39, 0.29) is 0 Å². The van der Waals surface area contributed by atoms with E-state index >= 15 is 0 Å². The summed E-state index contributed by atoms with van der Waals surface area (Å²) >= 11 is 35.9. The highest BCUT2D eigenvalue weighted by atomic mass is 35.5. The molecule has 0 spiro atoms. The Kier molecular flexibility index (Phi) is 3.70. The Balaban J connectivity index is 3.36. The minimum absolute atomic E-state index is 1.19. The molecule has 0 bridgehead atoms. The van der Waals surface area contributed by atoms with Crippen molar-refractivity contribution in [1.82, 2.24) is 0 Å². The highest BCUT2D eigenvalue weighted by Gasteiger charge is 2.65. The van der Waals surface area contributed by atoms with Gasteiger partial charge in [0.05, 0.1) is 29.5 Å². The number of rotatable bonds is 0. The molecule has 2 unspecified atom stereocenters. The molecule has 6 radical (unpaired) electrons. The summed E-state index contributed by atoms with van der Waals surface area (Å²) in [6.45, 7) is 0. The number of alkyl halides is 6. The van der Waals surface area contributed by atoms with Crippen LogP contribution in [0.1, 0.15) is 0 Å². The SMILES string of the molecule is [Si]C1(Cl)C=CC(Cl)(Cl)C(Cl)(Cl)C1([Si])Cl. The predicted molar refractivity (Wildman–Crippen MR) is 66.7 cm³/mol. The second-order valence-electron chi connectivity index (χ2n) is 2.90. The largest absolute Gasteiger partial charge is 0.171 e. The molecule has 0 nitrogen and oxygen atoms in total. The van der Waals surface area contributed by atoms with E-state index in [0.717, 1.165) is 0 Å². The Morgan fingerprint density at radius 1 is 0.786 bits per heavy atom. The van der Waals surface area contributed by atoms with E-state index in [9.17, 15) is 0 Å². The average Bonchev–Trinajstić information content (AvgIpc) is 1.98. The third-order valence-corrected chi connectivity index (χ3v) is 7.72. The smallest absolute Gasteiger partial charge is 0.119 e. The van der Waals surface area contributed by atoms with Crippen LogP contribution in [-0.4, -0.2) is 38.1 Å². The Hall–Kier alpha value is 1.91. The van der Waals surface area contributed by atoms with Gasteiger partial charge in [0.1, 0.15) is 0 Å². The highest BCUT2D eigenvalue weighted by molar-refractivity contribution is 6.73. The summed E-state index contributed by atoms with van der Waals surface area (Å²) in [6.07, 6.45) is 2.84. The van der Waals surface area contributed by atoms with Crippen LogP contribution in [0.4, 0.5) is 0 Å². The van der Waals surface area contributed by atoms with Gasteiger partial charge in [0.25, 0.3) is 0 Å². The molecule has 1 aliphatic rings. The summed E-state index contributed by atoms with van der Waals surface area (Å²) in [5, 5.41) is 0. The summed E-state index contributed by atoms with van der Waals surface area (Å²) in [5.41, 5.74) is 0. The minimum Gasteiger partial charge on any atom is -0.119 e. The third-order valence-electron chi connectivity index (χ3n) is 1.87. The molecule has 2 atom stereocenters. The first-order valence-corrected chi connectivity index (χ1v) is 6.56. The maximum absolute atomic E-state index is 6.09. The lowest BCUT2D eigenvalue weighted by Gasteiger charge is -2.50. The lowest BCUT2D eigenvalue weighted by molar-refractivity contribution is 0.588. The fourth-order valence-corrected chi connectivity index (χ4v) is 3.21. The van der Waals surface area contributed by atoms with Gasteiger partial charge in [-0.2, -0.15) is 0 Å². The molecule has 14 heavy (non-hydrogen) atoms. The van der Waals surface area contributed by atoms with Crippen LogP contribution >= 0.6 is 69.6 Å². The predicted octanol–water partition coefficient (Wildman–Crippen LogP) is 3.11. The summed E-state index contributed by atoms with van der Waals surface area (Å²) in [5.74, 6) is 0. The number of halogens is 6. The van der Waals surface area contributed by atoms with Gasteiger partial charge in [-0.3, -0.25) is 0 Å². The molecule has 8 heteroatoms. The van der Waals surface area contributed by atoms with Crippen molar-refractivity contribution < 1.29 is 0 Å². The molecular formula is C6H2Cl6Si2. The van der Waals surface area contributed by atoms with Crippen LogP contribution in [0.15, 0.2) is 12.2 Å². The summed E-state index contributed by atoms with van der Waals surface area (Å²) in [4.78, 5) is 0. The zero-order valence-electron chi connectivity index (χ0n) is 6.42. The van der Waals surface area contributed by atoms with E-state index in [1.165, 1.54) is 12.2 Å². The van der Waals surface area contributed by atoms with E-state index in [4.69, 9.17) is 69.6 Å². The molecule has 1 rings (SSSR count). The van der Waals surface area contributed by atoms with Crippen LogP contribution in [0.3, 0.4) is 0 Å². The summed E-state index contributed by atoms with van der Waals surface area (Å²) in [6, 6.07) is 0. The van der Waals surface area contributed by atoms with Crippen molar-refractivity contribution in [3.05, 3.63) is 12.2 Å². The fourth-order valence-electron chi connectivity index (χ4n) is 0.897. The van der Waals surface area contributed by atoms with Gasteiger partial charge in [0.15, 0.2) is 8.67 Å². The van der Waals surface area contributed by atoms with Crippen LogP contribution in [0.25, 0.3) is 0 Å². The van der Waals surface area contributed by atoms with Crippen LogP contribution in [0.5, 0.6) is 0 Å². The molecular weight excluding hydrogens is 341 g/mol. The van der Waals surface area contributed by atoms with E-state index in [1.807, 2.05) is 0 Å². The van der Waals surface area contributed by atoms with Crippen LogP contribution < -0.4 is 0 Å². The van der Waals surface area contributed by atoms with Crippen LogP contribution in [-0.2, 0) is 0 Å². The van der Waals surface area contributed by atoms with Crippen molar-refractivity contribution in [3.63, 3.8) is 0 Å². The van der Waals surface area contributed by atoms with Gasteiger partial charge >= 0.3 is 0 Å². The van der Waals surface area contributed by atoms with Crippen molar-refractivity contribution in [2.75, 3.05) is 0 Å². The molecule has 0 N–H and O–H groups in total. The molecule has 0 saturated carbocycles. The quantitative estimate of drug-likeness (QED) is 0.360. The lowest BCUT2D eigenvalue weighted by atomic mass is 10.0. The number of allylic oxidation sites excluding steroid dienone is 2. The van der Waals surface area contributed by atoms with Gasteiger partial charge in [0.2, 0.25) is 0 Å². The van der Waals surface area contributed by atoms with Crippen molar-refractivity contribution in [2.24, 2.45) is 0 Å². The molecule has 1 aliphatic carbocycles. The second-order valence-corrected chi connectivity index (χ2v) is 8.95. The monoisotopic (exact) mass is 340 g/mol. The Morgan fingerprint density at radius 3 is 1.57 bits per heavy atom.